The van der Waals surface area contributed by atoms with Gasteiger partial charge in [0.15, 0.2) is 5.76 Å². The second-order valence-corrected chi connectivity index (χ2v) is 6.40. The largest absolute Gasteiger partial charge is 0.494 e. The van der Waals surface area contributed by atoms with Crippen LogP contribution in [0.25, 0.3) is 11.5 Å². The summed E-state index contributed by atoms with van der Waals surface area (Å²) >= 11 is 1.21. The fourth-order valence-electron chi connectivity index (χ4n) is 2.33. The minimum absolute atomic E-state index is 0.135. The molecule has 2 heterocycles. The van der Waals surface area contributed by atoms with Gasteiger partial charge in [-0.05, 0) is 55.5 Å². The number of amides is 1. The number of hydrogen-bond donors (Lipinski definition) is 1. The molecule has 1 amide bonds. The lowest BCUT2D eigenvalue weighted by atomic mass is 10.2. The van der Waals surface area contributed by atoms with Crippen LogP contribution in [-0.4, -0.2) is 23.3 Å². The van der Waals surface area contributed by atoms with Gasteiger partial charge >= 0.3 is 0 Å². The number of carbonyl (C=O) groups is 1. The maximum atomic E-state index is 12.2. The molecular weight excluding hydrogens is 362 g/mol. The van der Waals surface area contributed by atoms with Gasteiger partial charge in [0.25, 0.3) is 0 Å². The highest BCUT2D eigenvalue weighted by molar-refractivity contribution is 8.00. The van der Waals surface area contributed by atoms with Gasteiger partial charge in [0.05, 0.1) is 24.2 Å². The fourth-order valence-corrected chi connectivity index (χ4v) is 3.10. The number of nitrogens with one attached hydrogen (secondary N) is 1. The van der Waals surface area contributed by atoms with Crippen molar-refractivity contribution in [2.24, 2.45) is 0 Å². The van der Waals surface area contributed by atoms with Crippen molar-refractivity contribution in [3.05, 3.63) is 60.4 Å². The van der Waals surface area contributed by atoms with Crippen LogP contribution < -0.4 is 10.1 Å². The first-order valence-corrected chi connectivity index (χ1v) is 9.28. The minimum Gasteiger partial charge on any atom is -0.494 e. The van der Waals surface area contributed by atoms with Gasteiger partial charge < -0.3 is 14.5 Å². The normalized spacial score (nSPS) is 10.2. The van der Waals surface area contributed by atoms with E-state index >= 15 is 0 Å². The van der Waals surface area contributed by atoms with Gasteiger partial charge in [0.2, 0.25) is 5.91 Å². The zero-order chi connectivity index (χ0) is 19.1. The summed E-state index contributed by atoms with van der Waals surface area (Å²) in [6, 6.07) is 16.2. The molecule has 0 aliphatic heterocycles. The SMILES string of the molecule is CCOc1ccc(NC(=O)CSc2nc(-c3ccco3)ccc2C#N)cc1. The molecule has 0 aliphatic carbocycles. The van der Waals surface area contributed by atoms with Crippen LogP contribution in [0.3, 0.4) is 0 Å². The standard InChI is InChI=1S/C20H17N3O3S/c1-2-25-16-8-6-15(7-9-16)22-19(24)13-27-20-14(12-21)5-10-17(23-20)18-4-3-11-26-18/h3-11H,2,13H2,1H3,(H,22,24). The van der Waals surface area contributed by atoms with E-state index in [2.05, 4.69) is 16.4 Å². The number of carbonyl (C=O) groups excluding carboxylic acids is 1. The number of ether oxygens (including phenoxy) is 1. The highest BCUT2D eigenvalue weighted by Gasteiger charge is 2.12. The number of thioether (sulfide) groups is 1. The molecule has 6 nitrogen and oxygen atoms in total. The van der Waals surface area contributed by atoms with Gasteiger partial charge in [0, 0.05) is 5.69 Å². The molecule has 0 saturated heterocycles. The Labute approximate surface area is 161 Å². The second-order valence-electron chi connectivity index (χ2n) is 5.43. The maximum absolute atomic E-state index is 12.2. The molecule has 0 radical (unpaired) electrons. The van der Waals surface area contributed by atoms with Crippen molar-refractivity contribution in [3.63, 3.8) is 0 Å². The molecule has 2 aromatic heterocycles. The van der Waals surface area contributed by atoms with Crippen LogP contribution in [0.5, 0.6) is 5.75 Å². The van der Waals surface area contributed by atoms with Gasteiger partial charge in [-0.1, -0.05) is 11.8 Å². The molecule has 7 heteroatoms. The van der Waals surface area contributed by atoms with Crippen molar-refractivity contribution in [2.75, 3.05) is 17.7 Å². The van der Waals surface area contributed by atoms with Crippen molar-refractivity contribution >= 4 is 23.4 Å². The lowest BCUT2D eigenvalue weighted by molar-refractivity contribution is -0.113. The Hall–Kier alpha value is -3.24. The average Bonchev–Trinajstić information content (AvgIpc) is 3.23. The average molecular weight is 379 g/mol. The molecule has 0 aliphatic rings. The lowest BCUT2D eigenvalue weighted by Gasteiger charge is -2.08. The second kappa shape index (κ2) is 8.92. The number of nitriles is 1. The van der Waals surface area contributed by atoms with Gasteiger partial charge in [-0.15, -0.1) is 0 Å². The third-order valence-corrected chi connectivity index (χ3v) is 4.53. The molecule has 27 heavy (non-hydrogen) atoms. The Balaban J connectivity index is 1.64. The van der Waals surface area contributed by atoms with Crippen LogP contribution in [-0.2, 0) is 4.79 Å². The van der Waals surface area contributed by atoms with E-state index in [4.69, 9.17) is 9.15 Å². The third-order valence-electron chi connectivity index (χ3n) is 3.54. The number of benzene rings is 1. The zero-order valence-corrected chi connectivity index (χ0v) is 15.5. The molecule has 136 valence electrons. The molecule has 0 bridgehead atoms. The molecule has 3 rings (SSSR count). The number of rotatable bonds is 7. The predicted molar refractivity (Wildman–Crippen MR) is 104 cm³/mol. The molecule has 3 aromatic rings. The van der Waals surface area contributed by atoms with Gasteiger partial charge in [-0.3, -0.25) is 4.79 Å². The Morgan fingerprint density at radius 3 is 2.74 bits per heavy atom. The summed E-state index contributed by atoms with van der Waals surface area (Å²) in [5.41, 5.74) is 1.72. The number of anilines is 1. The first-order valence-electron chi connectivity index (χ1n) is 8.30. The number of pyridine rings is 1. The van der Waals surface area contributed by atoms with Gasteiger partial charge in [0.1, 0.15) is 22.5 Å². The molecule has 1 N–H and O–H groups in total. The van der Waals surface area contributed by atoms with Crippen LogP contribution in [0.1, 0.15) is 12.5 Å². The van der Waals surface area contributed by atoms with E-state index in [1.807, 2.05) is 6.92 Å². The smallest absolute Gasteiger partial charge is 0.234 e. The number of hydrogen-bond acceptors (Lipinski definition) is 6. The van der Waals surface area contributed by atoms with Crippen LogP contribution >= 0.6 is 11.8 Å². The summed E-state index contributed by atoms with van der Waals surface area (Å²) in [6.45, 7) is 2.50. The zero-order valence-electron chi connectivity index (χ0n) is 14.6. The predicted octanol–water partition coefficient (Wildman–Crippen LogP) is 4.34. The Bertz CT molecular complexity index is 948. The van der Waals surface area contributed by atoms with Gasteiger partial charge in [-0.2, -0.15) is 5.26 Å². The Morgan fingerprint density at radius 2 is 2.07 bits per heavy atom. The highest BCUT2D eigenvalue weighted by Crippen LogP contribution is 2.26. The van der Waals surface area contributed by atoms with Crippen molar-refractivity contribution in [3.8, 4) is 23.3 Å². The van der Waals surface area contributed by atoms with E-state index in [-0.39, 0.29) is 11.7 Å². The monoisotopic (exact) mass is 379 g/mol. The van der Waals surface area contributed by atoms with Crippen molar-refractivity contribution in [1.29, 1.82) is 5.26 Å². The van der Waals surface area contributed by atoms with Gasteiger partial charge in [-0.25, -0.2) is 4.98 Å². The summed E-state index contributed by atoms with van der Waals surface area (Å²) in [6.07, 6.45) is 1.56. The van der Waals surface area contributed by atoms with Crippen molar-refractivity contribution in [2.45, 2.75) is 11.9 Å². The quantitative estimate of drug-likeness (QED) is 0.614. The van der Waals surface area contributed by atoms with Crippen molar-refractivity contribution in [1.82, 2.24) is 4.98 Å². The summed E-state index contributed by atoms with van der Waals surface area (Å²) in [5.74, 6) is 1.32. The maximum Gasteiger partial charge on any atom is 0.234 e. The van der Waals surface area contributed by atoms with E-state index in [1.165, 1.54) is 11.8 Å². The molecule has 0 saturated carbocycles. The number of aromatic nitrogens is 1. The van der Waals surface area contributed by atoms with E-state index < -0.39 is 0 Å². The third kappa shape index (κ3) is 4.90. The van der Waals surface area contributed by atoms with E-state index in [0.717, 1.165) is 5.75 Å². The minimum atomic E-state index is -0.182. The summed E-state index contributed by atoms with van der Waals surface area (Å²) in [7, 11) is 0. The van der Waals surface area contributed by atoms with Crippen molar-refractivity contribution < 1.29 is 13.9 Å². The molecular formula is C20H17N3O3S. The summed E-state index contributed by atoms with van der Waals surface area (Å²) in [4.78, 5) is 16.7. The lowest BCUT2D eigenvalue weighted by Crippen LogP contribution is -2.14. The Kier molecular flexibility index (Phi) is 6.13. The molecule has 0 atom stereocenters. The van der Waals surface area contributed by atoms with Crippen LogP contribution in [0, 0.1) is 11.3 Å². The van der Waals surface area contributed by atoms with E-state index in [0.29, 0.717) is 34.3 Å². The first-order chi connectivity index (χ1) is 13.2. The molecule has 0 fully saturated rings. The first kappa shape index (κ1) is 18.5. The summed E-state index contributed by atoms with van der Waals surface area (Å²) < 4.78 is 10.7. The Morgan fingerprint density at radius 1 is 1.26 bits per heavy atom. The number of nitrogens with zero attached hydrogens (tertiary/aromatic N) is 2. The summed E-state index contributed by atoms with van der Waals surface area (Å²) in [5, 5.41) is 12.6. The van der Waals surface area contributed by atoms with Crippen LogP contribution in [0.2, 0.25) is 0 Å². The van der Waals surface area contributed by atoms with E-state index in [1.54, 1.807) is 54.8 Å². The fraction of sp³-hybridized carbons (Fsp3) is 0.150. The molecule has 1 aromatic carbocycles. The van der Waals surface area contributed by atoms with E-state index in [9.17, 15) is 10.1 Å². The van der Waals surface area contributed by atoms with Crippen LogP contribution in [0.15, 0.2) is 64.2 Å². The highest BCUT2D eigenvalue weighted by atomic mass is 32.2. The molecule has 0 spiro atoms. The number of furan rings is 1. The van der Waals surface area contributed by atoms with Crippen LogP contribution in [0.4, 0.5) is 5.69 Å². The molecule has 0 unspecified atom stereocenters. The topological polar surface area (TPSA) is 88.2 Å².